The van der Waals surface area contributed by atoms with Gasteiger partial charge in [-0.3, -0.25) is 48.1 Å². The lowest BCUT2D eigenvalue weighted by molar-refractivity contribution is -0.156. The number of hydrogen-bond donors (Lipinski definition) is 13. The number of carbonyl (C=O) groups excluding carboxylic acids is 9. The van der Waals surface area contributed by atoms with Crippen LogP contribution in [0.15, 0.2) is 59.6 Å². The van der Waals surface area contributed by atoms with Crippen molar-refractivity contribution in [1.82, 2.24) is 42.1 Å². The minimum absolute atomic E-state index is 0.00386. The molecule has 2 aliphatic heterocycles. The molecule has 2 aromatic rings. The van der Waals surface area contributed by atoms with Crippen LogP contribution in [-0.4, -0.2) is 178 Å². The van der Waals surface area contributed by atoms with Crippen molar-refractivity contribution in [3.63, 3.8) is 0 Å². The summed E-state index contributed by atoms with van der Waals surface area (Å²) in [7, 11) is 0. The zero-order valence-corrected chi connectivity index (χ0v) is 42.6. The number of amides is 8. The van der Waals surface area contributed by atoms with Gasteiger partial charge in [-0.15, -0.1) is 0 Å². The van der Waals surface area contributed by atoms with Crippen LogP contribution >= 0.6 is 11.8 Å². The molecule has 27 heteroatoms. The topological polar surface area (TPSA) is 418 Å². The fourth-order valence-corrected chi connectivity index (χ4v) is 8.57. The Morgan fingerprint density at radius 1 is 0.827 bits per heavy atom. The van der Waals surface area contributed by atoms with Crippen molar-refractivity contribution in [1.29, 1.82) is 0 Å². The molecule has 4 unspecified atom stereocenters. The maximum absolute atomic E-state index is 14.6. The van der Waals surface area contributed by atoms with E-state index in [9.17, 15) is 63.3 Å². The standard InChI is InChI=1S/C48H68N12O14S/c1-25(53-40(65)30(49)21-27-9-5-4-6-10-27)39(64)59-38-26(2)74-37(63)23-34(47(72)73)57-43(68)35(24-61)58-44(69)36-12-8-19-60(36)46(71)33(22-28-13-15-29(62)16-14-28)56-41(66)31(11-7-18-52-48(50)51)54-42(67)32(17-20-75-3)55-45(38)70/h4-6,9-10,13-16,25-26,30-36,38,61-62H,7-8,11-12,17-24,49H2,1-3H3,(H,53,65)(H,54,67)(H,55,70)(H,56,66)(H,57,68)(H,58,69)(H,59,64)(H,72,73)(H4,50,51,52)/t25-,26?,30-,31?,32?,33-,34-,35-,36-,38?/m0/s1. The highest BCUT2D eigenvalue weighted by molar-refractivity contribution is 7.98. The number of esters is 1. The van der Waals surface area contributed by atoms with Gasteiger partial charge in [-0.05, 0) is 87.6 Å². The molecule has 2 heterocycles. The summed E-state index contributed by atoms with van der Waals surface area (Å²) >= 11 is 1.29. The minimum atomic E-state index is -2.04. The summed E-state index contributed by atoms with van der Waals surface area (Å²) in [5, 5.41) is 47.5. The number of aliphatic hydroxyl groups is 1. The highest BCUT2D eigenvalue weighted by atomic mass is 32.2. The smallest absolute Gasteiger partial charge is 0.326 e. The first-order valence-corrected chi connectivity index (χ1v) is 25.6. The minimum Gasteiger partial charge on any atom is -0.508 e. The molecule has 2 aliphatic rings. The number of aromatic hydroxyl groups is 1. The second-order valence-electron chi connectivity index (χ2n) is 18.0. The molecule has 0 aromatic heterocycles. The number of phenolic OH excluding ortho intramolecular Hbond substituents is 1. The summed E-state index contributed by atoms with van der Waals surface area (Å²) in [5.41, 5.74) is 18.4. The summed E-state index contributed by atoms with van der Waals surface area (Å²) in [4.78, 5) is 143. The molecule has 75 heavy (non-hydrogen) atoms. The van der Waals surface area contributed by atoms with Gasteiger partial charge in [-0.25, -0.2) is 4.79 Å². The van der Waals surface area contributed by atoms with E-state index < -0.39 is 133 Å². The zero-order chi connectivity index (χ0) is 55.4. The highest BCUT2D eigenvalue weighted by Gasteiger charge is 2.41. The third kappa shape index (κ3) is 18.7. The van der Waals surface area contributed by atoms with Crippen LogP contribution in [0.5, 0.6) is 5.75 Å². The molecule has 8 amide bonds. The molecule has 410 valence electrons. The SMILES string of the molecule is CSCCC1NC(=O)C(NC(=O)[C@H](C)NC(=O)[C@@H](N)Cc2ccccc2)C(C)OC(=O)C[C@@H](C(=O)O)NC(=O)[C@H](CO)NC(=O)[C@@H]2CCCN2C(=O)[C@H](Cc2ccc(O)cc2)NC(=O)C(CCCN=C(N)N)NC1=O. The van der Waals surface area contributed by atoms with Crippen molar-refractivity contribution in [2.75, 3.05) is 31.7 Å². The molecule has 2 saturated heterocycles. The maximum atomic E-state index is 14.6. The number of carbonyl (C=O) groups is 10. The van der Waals surface area contributed by atoms with E-state index >= 15 is 0 Å². The van der Waals surface area contributed by atoms with Gasteiger partial charge >= 0.3 is 11.9 Å². The van der Waals surface area contributed by atoms with Crippen molar-refractivity contribution in [2.24, 2.45) is 22.2 Å². The van der Waals surface area contributed by atoms with E-state index in [1.165, 1.54) is 54.8 Å². The van der Waals surface area contributed by atoms with Crippen LogP contribution in [0, 0.1) is 0 Å². The Balaban J connectivity index is 1.76. The van der Waals surface area contributed by atoms with E-state index in [1.54, 1.807) is 36.6 Å². The van der Waals surface area contributed by atoms with Gasteiger partial charge in [0.25, 0.3) is 0 Å². The normalized spacial score (nSPS) is 24.3. The zero-order valence-electron chi connectivity index (χ0n) is 41.8. The number of nitrogens with two attached hydrogens (primary N) is 3. The molecule has 2 fully saturated rings. The number of rotatable bonds is 17. The van der Waals surface area contributed by atoms with Crippen molar-refractivity contribution in [3.05, 3.63) is 65.7 Å². The Kier molecular flexibility index (Phi) is 23.5. The fraction of sp³-hybridized carbons (Fsp3) is 0.521. The molecular weight excluding hydrogens is 1000 g/mol. The molecule has 10 atom stereocenters. The number of aliphatic carboxylic acids is 1. The van der Waals surface area contributed by atoms with E-state index in [0.717, 1.165) is 5.56 Å². The number of carboxylic acid groups (broad SMARTS) is 1. The number of hydrogen-bond acceptors (Lipinski definition) is 16. The number of ether oxygens (including phenoxy) is 1. The molecule has 0 radical (unpaired) electrons. The second-order valence-corrected chi connectivity index (χ2v) is 19.0. The Morgan fingerprint density at radius 2 is 1.44 bits per heavy atom. The first-order chi connectivity index (χ1) is 35.6. The largest absolute Gasteiger partial charge is 0.508 e. The Morgan fingerprint density at radius 3 is 2.07 bits per heavy atom. The molecule has 0 bridgehead atoms. The van der Waals surface area contributed by atoms with Crippen molar-refractivity contribution in [2.45, 2.75) is 126 Å². The van der Waals surface area contributed by atoms with Gasteiger partial charge in [0.05, 0.1) is 19.1 Å². The molecule has 4 rings (SSSR count). The van der Waals surface area contributed by atoms with Crippen LogP contribution < -0.4 is 54.4 Å². The predicted molar refractivity (Wildman–Crippen MR) is 272 cm³/mol. The summed E-state index contributed by atoms with van der Waals surface area (Å²) in [6.07, 6.45) is -0.822. The van der Waals surface area contributed by atoms with Gasteiger partial charge in [0.15, 0.2) is 5.96 Å². The Bertz CT molecular complexity index is 2380. The number of nitrogens with one attached hydrogen (secondary N) is 7. The van der Waals surface area contributed by atoms with E-state index in [0.29, 0.717) is 5.56 Å². The number of nitrogens with zero attached hydrogens (tertiary/aromatic N) is 2. The third-order valence-electron chi connectivity index (χ3n) is 12.2. The van der Waals surface area contributed by atoms with Crippen LogP contribution in [0.25, 0.3) is 0 Å². The molecule has 0 spiro atoms. The number of cyclic esters (lactones) is 1. The Hall–Kier alpha value is -7.52. The summed E-state index contributed by atoms with van der Waals surface area (Å²) < 4.78 is 5.48. The molecule has 0 saturated carbocycles. The lowest BCUT2D eigenvalue weighted by Gasteiger charge is -2.31. The lowest BCUT2D eigenvalue weighted by Crippen LogP contribution is -2.62. The van der Waals surface area contributed by atoms with Crippen molar-refractivity contribution in [3.8, 4) is 5.75 Å². The molecule has 0 aliphatic carbocycles. The number of benzene rings is 2. The number of phenols is 1. The van der Waals surface area contributed by atoms with E-state index in [2.05, 4.69) is 42.2 Å². The van der Waals surface area contributed by atoms with Crippen LogP contribution in [0.2, 0.25) is 0 Å². The molecule has 16 N–H and O–H groups in total. The second kappa shape index (κ2) is 29.4. The molecular formula is C48H68N12O14S. The lowest BCUT2D eigenvalue weighted by atomic mass is 10.0. The van der Waals surface area contributed by atoms with E-state index in [4.69, 9.17) is 21.9 Å². The summed E-state index contributed by atoms with van der Waals surface area (Å²) in [5.74, 6) is -10.7. The van der Waals surface area contributed by atoms with Crippen LogP contribution in [0.1, 0.15) is 63.5 Å². The molecule has 2 aromatic carbocycles. The number of aliphatic imine (C=N–C) groups is 1. The number of guanidine groups is 1. The number of aliphatic hydroxyl groups excluding tert-OH is 1. The van der Waals surface area contributed by atoms with Gasteiger partial charge in [-0.2, -0.15) is 11.8 Å². The van der Waals surface area contributed by atoms with Gasteiger partial charge in [-0.1, -0.05) is 42.5 Å². The van der Waals surface area contributed by atoms with Gasteiger partial charge in [0, 0.05) is 19.5 Å². The monoisotopic (exact) mass is 1070 g/mol. The number of fused-ring (bicyclic) bond motifs is 1. The number of carboxylic acids is 1. The Labute approximate surface area is 436 Å². The van der Waals surface area contributed by atoms with Crippen LogP contribution in [-0.2, 0) is 65.5 Å². The van der Waals surface area contributed by atoms with E-state index in [1.807, 2.05) is 0 Å². The number of thioether (sulfide) groups is 1. The average molecular weight is 1070 g/mol. The quantitative estimate of drug-likeness (QED) is 0.0312. The first kappa shape index (κ1) is 60.0. The first-order valence-electron chi connectivity index (χ1n) is 24.2. The fourth-order valence-electron chi connectivity index (χ4n) is 8.10. The van der Waals surface area contributed by atoms with Crippen molar-refractivity contribution < 1.29 is 68.0 Å². The van der Waals surface area contributed by atoms with Gasteiger partial charge < -0.3 is 79.4 Å². The summed E-state index contributed by atoms with van der Waals surface area (Å²) in [6.45, 7) is 1.41. The van der Waals surface area contributed by atoms with Gasteiger partial charge in [0.1, 0.15) is 60.2 Å². The van der Waals surface area contributed by atoms with Crippen LogP contribution in [0.4, 0.5) is 0 Å². The summed E-state index contributed by atoms with van der Waals surface area (Å²) in [6, 6.07) is 0.782. The average Bonchev–Trinajstić information content (AvgIpc) is 3.87. The van der Waals surface area contributed by atoms with Crippen LogP contribution in [0.3, 0.4) is 0 Å². The third-order valence-corrected chi connectivity index (χ3v) is 12.9. The van der Waals surface area contributed by atoms with Gasteiger partial charge in [0.2, 0.25) is 47.3 Å². The maximum Gasteiger partial charge on any atom is 0.326 e. The van der Waals surface area contributed by atoms with Crippen molar-refractivity contribution >= 4 is 76.9 Å². The predicted octanol–water partition coefficient (Wildman–Crippen LogP) is -3.87. The van der Waals surface area contributed by atoms with E-state index in [-0.39, 0.29) is 75.5 Å². The highest BCUT2D eigenvalue weighted by Crippen LogP contribution is 2.21. The molecule has 26 nitrogen and oxygen atoms in total.